The van der Waals surface area contributed by atoms with Gasteiger partial charge in [-0.2, -0.15) is 0 Å². The Morgan fingerprint density at radius 1 is 1.42 bits per heavy atom. The maximum Gasteiger partial charge on any atom is 0.245 e. The summed E-state index contributed by atoms with van der Waals surface area (Å²) >= 11 is 0. The second-order valence-corrected chi connectivity index (χ2v) is 5.45. The Bertz CT molecular complexity index is 471. The van der Waals surface area contributed by atoms with E-state index in [1.165, 1.54) is 0 Å². The van der Waals surface area contributed by atoms with Crippen LogP contribution in [0.5, 0.6) is 0 Å². The topological polar surface area (TPSA) is 52.6 Å². The molecule has 0 saturated carbocycles. The highest BCUT2D eigenvalue weighted by Crippen LogP contribution is 2.33. The molecule has 1 aliphatic rings. The van der Waals surface area contributed by atoms with Crippen LogP contribution in [0.4, 0.5) is 5.69 Å². The van der Waals surface area contributed by atoms with Crippen molar-refractivity contribution in [2.24, 2.45) is 0 Å². The normalized spacial score (nSPS) is 20.0. The van der Waals surface area contributed by atoms with Gasteiger partial charge in [-0.05, 0) is 26.3 Å². The first-order valence-corrected chi connectivity index (χ1v) is 6.81. The van der Waals surface area contributed by atoms with Gasteiger partial charge < -0.3 is 15.3 Å². The molecule has 104 valence electrons. The monoisotopic (exact) mass is 262 g/mol. The summed E-state index contributed by atoms with van der Waals surface area (Å²) < 4.78 is 0. The van der Waals surface area contributed by atoms with Crippen molar-refractivity contribution in [3.63, 3.8) is 0 Å². The van der Waals surface area contributed by atoms with E-state index in [0.717, 1.165) is 17.8 Å². The molecular formula is C15H22N2O2. The summed E-state index contributed by atoms with van der Waals surface area (Å²) in [5.41, 5.74) is 1.26. The second kappa shape index (κ2) is 5.21. The zero-order valence-electron chi connectivity index (χ0n) is 11.8. The Morgan fingerprint density at radius 3 is 2.79 bits per heavy atom. The SMILES string of the molecule is CC[C@@H](O)c1ccccc1N1CCNC(=O)C1(C)C. The van der Waals surface area contributed by atoms with Crippen LogP contribution >= 0.6 is 0 Å². The van der Waals surface area contributed by atoms with Crippen molar-refractivity contribution >= 4 is 11.6 Å². The highest BCUT2D eigenvalue weighted by Gasteiger charge is 2.38. The number of nitrogens with one attached hydrogen (secondary N) is 1. The first-order valence-electron chi connectivity index (χ1n) is 6.81. The van der Waals surface area contributed by atoms with Gasteiger partial charge in [0.15, 0.2) is 0 Å². The lowest BCUT2D eigenvalue weighted by Crippen LogP contribution is -2.62. The number of amides is 1. The molecule has 1 fully saturated rings. The molecule has 2 N–H and O–H groups in total. The number of carbonyl (C=O) groups excluding carboxylic acids is 1. The number of anilines is 1. The Morgan fingerprint density at radius 2 is 2.11 bits per heavy atom. The number of hydrogen-bond acceptors (Lipinski definition) is 3. The molecule has 0 aromatic heterocycles. The number of carbonyl (C=O) groups is 1. The molecule has 4 nitrogen and oxygen atoms in total. The minimum absolute atomic E-state index is 0.0274. The van der Waals surface area contributed by atoms with Crippen LogP contribution in [0.2, 0.25) is 0 Å². The summed E-state index contributed by atoms with van der Waals surface area (Å²) in [6, 6.07) is 7.79. The largest absolute Gasteiger partial charge is 0.388 e. The zero-order valence-corrected chi connectivity index (χ0v) is 11.8. The number of para-hydroxylation sites is 1. The number of aliphatic hydroxyl groups is 1. The minimum Gasteiger partial charge on any atom is -0.388 e. The van der Waals surface area contributed by atoms with E-state index in [9.17, 15) is 9.90 Å². The molecule has 4 heteroatoms. The van der Waals surface area contributed by atoms with Gasteiger partial charge in [0.25, 0.3) is 0 Å². The zero-order chi connectivity index (χ0) is 14.0. The maximum absolute atomic E-state index is 12.0. The molecule has 0 spiro atoms. The van der Waals surface area contributed by atoms with E-state index in [4.69, 9.17) is 0 Å². The Balaban J connectivity index is 2.43. The lowest BCUT2D eigenvalue weighted by atomic mass is 9.95. The fraction of sp³-hybridized carbons (Fsp3) is 0.533. The lowest BCUT2D eigenvalue weighted by Gasteiger charge is -2.44. The molecule has 0 bridgehead atoms. The third-order valence-electron chi connectivity index (χ3n) is 3.82. The molecule has 1 atom stereocenters. The van der Waals surface area contributed by atoms with Crippen LogP contribution in [0.1, 0.15) is 38.9 Å². The summed E-state index contributed by atoms with van der Waals surface area (Å²) in [4.78, 5) is 14.1. The van der Waals surface area contributed by atoms with Gasteiger partial charge in [0.1, 0.15) is 5.54 Å². The highest BCUT2D eigenvalue weighted by molar-refractivity contribution is 5.90. The van der Waals surface area contributed by atoms with Gasteiger partial charge in [0, 0.05) is 24.3 Å². The molecular weight excluding hydrogens is 240 g/mol. The third kappa shape index (κ3) is 2.45. The first kappa shape index (κ1) is 13.9. The molecule has 1 aromatic carbocycles. The van der Waals surface area contributed by atoms with E-state index in [1.54, 1.807) is 0 Å². The Kier molecular flexibility index (Phi) is 3.80. The first-order chi connectivity index (χ1) is 8.98. The van der Waals surface area contributed by atoms with Crippen LogP contribution < -0.4 is 10.2 Å². The number of aliphatic hydroxyl groups excluding tert-OH is 1. The van der Waals surface area contributed by atoms with Crippen molar-refractivity contribution in [1.82, 2.24) is 5.32 Å². The van der Waals surface area contributed by atoms with Crippen molar-refractivity contribution in [2.45, 2.75) is 38.8 Å². The molecule has 19 heavy (non-hydrogen) atoms. The van der Waals surface area contributed by atoms with Crippen molar-refractivity contribution < 1.29 is 9.90 Å². The number of hydrogen-bond donors (Lipinski definition) is 2. The second-order valence-electron chi connectivity index (χ2n) is 5.45. The van der Waals surface area contributed by atoms with Crippen molar-refractivity contribution in [1.29, 1.82) is 0 Å². The predicted molar refractivity (Wildman–Crippen MR) is 76.1 cm³/mol. The summed E-state index contributed by atoms with van der Waals surface area (Å²) in [5.74, 6) is 0.0274. The van der Waals surface area contributed by atoms with E-state index in [1.807, 2.05) is 45.0 Å². The van der Waals surface area contributed by atoms with Crippen molar-refractivity contribution in [2.75, 3.05) is 18.0 Å². The molecule has 1 saturated heterocycles. The molecule has 0 aliphatic carbocycles. The Labute approximate surface area is 114 Å². The van der Waals surface area contributed by atoms with Crippen molar-refractivity contribution in [3.8, 4) is 0 Å². The quantitative estimate of drug-likeness (QED) is 0.874. The van der Waals surface area contributed by atoms with Crippen LogP contribution in [0.15, 0.2) is 24.3 Å². The summed E-state index contributed by atoms with van der Waals surface area (Å²) in [6.45, 7) is 7.17. The van der Waals surface area contributed by atoms with Crippen molar-refractivity contribution in [3.05, 3.63) is 29.8 Å². The van der Waals surface area contributed by atoms with Gasteiger partial charge in [-0.1, -0.05) is 25.1 Å². The van der Waals surface area contributed by atoms with Gasteiger partial charge in [-0.3, -0.25) is 4.79 Å². The van der Waals surface area contributed by atoms with E-state index in [-0.39, 0.29) is 5.91 Å². The minimum atomic E-state index is -0.595. The molecule has 1 amide bonds. The lowest BCUT2D eigenvalue weighted by molar-refractivity contribution is -0.126. The third-order valence-corrected chi connectivity index (χ3v) is 3.82. The molecule has 1 aromatic rings. The molecule has 1 heterocycles. The number of rotatable bonds is 3. The molecule has 0 unspecified atom stereocenters. The number of benzene rings is 1. The van der Waals surface area contributed by atoms with Gasteiger partial charge in [0.05, 0.1) is 6.10 Å². The predicted octanol–water partition coefficient (Wildman–Crippen LogP) is 1.84. The fourth-order valence-electron chi connectivity index (χ4n) is 2.56. The highest BCUT2D eigenvalue weighted by atomic mass is 16.3. The van der Waals surface area contributed by atoms with Gasteiger partial charge in [0.2, 0.25) is 5.91 Å². The smallest absolute Gasteiger partial charge is 0.245 e. The van der Waals surface area contributed by atoms with Gasteiger partial charge in [-0.15, -0.1) is 0 Å². The van der Waals surface area contributed by atoms with Crippen LogP contribution in [-0.4, -0.2) is 29.6 Å². The average Bonchev–Trinajstić information content (AvgIpc) is 2.41. The van der Waals surface area contributed by atoms with E-state index < -0.39 is 11.6 Å². The maximum atomic E-state index is 12.0. The van der Waals surface area contributed by atoms with Gasteiger partial charge in [-0.25, -0.2) is 0 Å². The van der Waals surface area contributed by atoms with E-state index in [0.29, 0.717) is 13.0 Å². The average molecular weight is 262 g/mol. The standard InChI is InChI=1S/C15H22N2O2/c1-4-13(18)11-7-5-6-8-12(11)17-10-9-16-14(19)15(17,2)3/h5-8,13,18H,4,9-10H2,1-3H3,(H,16,19)/t13-/m1/s1. The summed E-state index contributed by atoms with van der Waals surface area (Å²) in [6.07, 6.45) is 0.175. The number of nitrogens with zero attached hydrogens (tertiary/aromatic N) is 1. The van der Waals surface area contributed by atoms with E-state index in [2.05, 4.69) is 10.2 Å². The summed E-state index contributed by atoms with van der Waals surface area (Å²) in [5, 5.41) is 13.0. The molecule has 1 aliphatic heterocycles. The van der Waals surface area contributed by atoms with Crippen LogP contribution in [0.3, 0.4) is 0 Å². The van der Waals surface area contributed by atoms with Crippen LogP contribution in [-0.2, 0) is 4.79 Å². The van der Waals surface area contributed by atoms with E-state index >= 15 is 0 Å². The summed E-state index contributed by atoms with van der Waals surface area (Å²) in [7, 11) is 0. The fourth-order valence-corrected chi connectivity index (χ4v) is 2.56. The van der Waals surface area contributed by atoms with Crippen LogP contribution in [0, 0.1) is 0 Å². The number of piperazine rings is 1. The van der Waals surface area contributed by atoms with Crippen LogP contribution in [0.25, 0.3) is 0 Å². The molecule has 2 rings (SSSR count). The molecule has 0 radical (unpaired) electrons. The Hall–Kier alpha value is -1.55. The van der Waals surface area contributed by atoms with Gasteiger partial charge >= 0.3 is 0 Å².